The number of hydrogen-bond acceptors (Lipinski definition) is 8. The largest absolute Gasteiger partial charge is 0.487 e. The highest BCUT2D eigenvalue weighted by atomic mass is 32.3. The molecule has 1 aliphatic rings. The number of carbonyl (C=O) groups is 1. The first-order valence-corrected chi connectivity index (χ1v) is 15.6. The molecule has 0 fully saturated rings. The van der Waals surface area contributed by atoms with E-state index in [0.29, 0.717) is 43.2 Å². The third kappa shape index (κ3) is 7.04. The van der Waals surface area contributed by atoms with Crippen molar-refractivity contribution in [1.82, 2.24) is 19.3 Å². The van der Waals surface area contributed by atoms with E-state index in [0.717, 1.165) is 28.8 Å². The summed E-state index contributed by atoms with van der Waals surface area (Å²) in [6.07, 6.45) is 4.17. The molecule has 0 saturated heterocycles. The number of ether oxygens (including phenoxy) is 2. The molecule has 0 saturated carbocycles. The monoisotopic (exact) mass is 570 g/mol. The van der Waals surface area contributed by atoms with Crippen LogP contribution < -0.4 is 4.74 Å². The van der Waals surface area contributed by atoms with E-state index >= 15 is 0 Å². The molecule has 3 aromatic rings. The smallest absolute Gasteiger partial charge is 0.306 e. The quantitative estimate of drug-likeness (QED) is 0.250. The molecule has 1 aromatic heterocycles. The van der Waals surface area contributed by atoms with Gasteiger partial charge in [-0.15, -0.1) is 15.9 Å². The third-order valence-electron chi connectivity index (χ3n) is 7.41. The van der Waals surface area contributed by atoms with Crippen LogP contribution in [0.4, 0.5) is 0 Å². The number of para-hydroxylation sites is 1. The van der Waals surface area contributed by atoms with Gasteiger partial charge in [0.25, 0.3) is 0 Å². The molecule has 10 heteroatoms. The number of benzene rings is 2. The minimum absolute atomic E-state index is 0.0838. The van der Waals surface area contributed by atoms with E-state index in [9.17, 15) is 13.9 Å². The summed E-state index contributed by atoms with van der Waals surface area (Å²) in [6.45, 7) is 11.0. The number of esters is 1. The third-order valence-corrected chi connectivity index (χ3v) is 9.33. The summed E-state index contributed by atoms with van der Waals surface area (Å²) in [6, 6.07) is 13.6. The lowest BCUT2D eigenvalue weighted by Crippen LogP contribution is -2.34. The highest BCUT2D eigenvalue weighted by Gasteiger charge is 2.35. The van der Waals surface area contributed by atoms with Gasteiger partial charge in [0.1, 0.15) is 16.7 Å². The zero-order valence-electron chi connectivity index (χ0n) is 24.1. The average Bonchev–Trinajstić information content (AvgIpc) is 3.37. The summed E-state index contributed by atoms with van der Waals surface area (Å²) in [5, 5.41) is 8.52. The van der Waals surface area contributed by atoms with E-state index in [4.69, 9.17) is 9.47 Å². The Kier molecular flexibility index (Phi) is 9.89. The Bertz CT molecular complexity index is 1290. The minimum Gasteiger partial charge on any atom is -0.487 e. The van der Waals surface area contributed by atoms with Crippen LogP contribution in [0.3, 0.4) is 0 Å². The summed E-state index contributed by atoms with van der Waals surface area (Å²) < 4.78 is 37.9. The van der Waals surface area contributed by atoms with Gasteiger partial charge in [0.05, 0.1) is 25.3 Å². The summed E-state index contributed by atoms with van der Waals surface area (Å²) >= 11 is 0. The molecule has 2 aromatic carbocycles. The number of carbonyl (C=O) groups excluding carboxylic acids is 1. The molecule has 0 radical (unpaired) electrons. The Labute approximate surface area is 239 Å². The van der Waals surface area contributed by atoms with E-state index < -0.39 is 10.8 Å². The fourth-order valence-electron chi connectivity index (χ4n) is 4.94. The standard InChI is InChI=1S/C30H42N4O5S/c1-6-27-20-33(40(36,37)29-11-9-8-10-28(29)39-27)18-25-16-23(13-12-22(25)5)24(17-30(35)38-7-2)14-15-26-19-34(21(3)4)32-31-26/h8-13,16,19,21,24,27,36-37H,6-7,14-15,17-18,20H2,1-5H3/t24?,27-/m1/s1. The molecule has 218 valence electrons. The van der Waals surface area contributed by atoms with Crippen LogP contribution in [-0.2, 0) is 22.5 Å². The molecule has 2 heterocycles. The number of fused-ring (bicyclic) bond motifs is 1. The van der Waals surface area contributed by atoms with Crippen molar-refractivity contribution in [3.63, 3.8) is 0 Å². The lowest BCUT2D eigenvalue weighted by atomic mass is 9.88. The molecule has 0 amide bonds. The van der Waals surface area contributed by atoms with Crippen molar-refractivity contribution in [2.24, 2.45) is 0 Å². The lowest BCUT2D eigenvalue weighted by molar-refractivity contribution is -0.143. The molecule has 2 atom stereocenters. The van der Waals surface area contributed by atoms with Crippen molar-refractivity contribution in [2.75, 3.05) is 13.2 Å². The Morgan fingerprint density at radius 2 is 1.98 bits per heavy atom. The highest BCUT2D eigenvalue weighted by molar-refractivity contribution is 8.22. The van der Waals surface area contributed by atoms with Crippen LogP contribution in [0.25, 0.3) is 0 Å². The summed E-state index contributed by atoms with van der Waals surface area (Å²) in [5.74, 6) is 0.201. The van der Waals surface area contributed by atoms with E-state index in [1.54, 1.807) is 22.5 Å². The first-order valence-electron chi connectivity index (χ1n) is 14.1. The van der Waals surface area contributed by atoms with Crippen molar-refractivity contribution in [2.45, 2.75) is 89.8 Å². The Morgan fingerprint density at radius 3 is 2.67 bits per heavy atom. The molecule has 1 aliphatic heterocycles. The van der Waals surface area contributed by atoms with Crippen molar-refractivity contribution in [1.29, 1.82) is 0 Å². The topological polar surface area (TPSA) is 110 Å². The summed E-state index contributed by atoms with van der Waals surface area (Å²) in [7, 11) is -3.27. The van der Waals surface area contributed by atoms with Gasteiger partial charge in [0.2, 0.25) is 0 Å². The first-order chi connectivity index (χ1) is 19.1. The lowest BCUT2D eigenvalue weighted by Gasteiger charge is -2.42. The number of nitrogens with zero attached hydrogens (tertiary/aromatic N) is 4. The predicted molar refractivity (Wildman–Crippen MR) is 157 cm³/mol. The van der Waals surface area contributed by atoms with Crippen LogP contribution in [0.15, 0.2) is 53.6 Å². The molecular weight excluding hydrogens is 528 g/mol. The number of rotatable bonds is 11. The highest BCUT2D eigenvalue weighted by Crippen LogP contribution is 2.57. The second-order valence-electron chi connectivity index (χ2n) is 10.7. The van der Waals surface area contributed by atoms with Gasteiger partial charge in [0.15, 0.2) is 0 Å². The molecule has 2 N–H and O–H groups in total. The molecule has 4 rings (SSSR count). The number of hydrogen-bond donors (Lipinski definition) is 2. The van der Waals surface area contributed by atoms with Gasteiger partial charge < -0.3 is 9.47 Å². The second kappa shape index (κ2) is 13.2. The van der Waals surface area contributed by atoms with Crippen molar-refractivity contribution in [3.8, 4) is 5.75 Å². The summed E-state index contributed by atoms with van der Waals surface area (Å²) in [5.41, 5.74) is 3.92. The number of aromatic nitrogens is 3. The molecule has 0 bridgehead atoms. The maximum Gasteiger partial charge on any atom is 0.306 e. The normalized spacial score (nSPS) is 18.4. The molecule has 40 heavy (non-hydrogen) atoms. The minimum atomic E-state index is -3.27. The van der Waals surface area contributed by atoms with Crippen LogP contribution in [0.5, 0.6) is 5.75 Å². The van der Waals surface area contributed by atoms with Gasteiger partial charge in [-0.1, -0.05) is 42.5 Å². The van der Waals surface area contributed by atoms with Crippen molar-refractivity contribution in [3.05, 3.63) is 71.0 Å². The van der Waals surface area contributed by atoms with E-state index in [1.165, 1.54) is 0 Å². The zero-order valence-corrected chi connectivity index (χ0v) is 24.9. The average molecular weight is 571 g/mol. The Hall–Kier alpha value is -2.92. The van der Waals surface area contributed by atoms with Crippen LogP contribution >= 0.6 is 10.8 Å². The van der Waals surface area contributed by atoms with Gasteiger partial charge in [-0.05, 0) is 81.7 Å². The van der Waals surface area contributed by atoms with Crippen LogP contribution in [0.2, 0.25) is 0 Å². The van der Waals surface area contributed by atoms with Crippen LogP contribution in [-0.4, -0.2) is 53.6 Å². The molecule has 9 nitrogen and oxygen atoms in total. The van der Waals surface area contributed by atoms with Gasteiger partial charge in [-0.3, -0.25) is 13.9 Å². The van der Waals surface area contributed by atoms with E-state index in [-0.39, 0.29) is 30.5 Å². The molecule has 0 aliphatic carbocycles. The van der Waals surface area contributed by atoms with E-state index in [1.807, 2.05) is 43.8 Å². The molecule has 1 unspecified atom stereocenters. The Balaban J connectivity index is 1.61. The van der Waals surface area contributed by atoms with Crippen molar-refractivity contribution >= 4 is 16.7 Å². The summed E-state index contributed by atoms with van der Waals surface area (Å²) in [4.78, 5) is 13.0. The van der Waals surface area contributed by atoms with Gasteiger partial charge >= 0.3 is 5.97 Å². The Morgan fingerprint density at radius 1 is 1.20 bits per heavy atom. The van der Waals surface area contributed by atoms with Crippen LogP contribution in [0, 0.1) is 6.92 Å². The molecule has 0 spiro atoms. The zero-order chi connectivity index (χ0) is 28.9. The second-order valence-corrected chi connectivity index (χ2v) is 12.6. The van der Waals surface area contributed by atoms with Crippen LogP contribution in [0.1, 0.15) is 81.3 Å². The van der Waals surface area contributed by atoms with E-state index in [2.05, 4.69) is 36.3 Å². The molecular formula is C30H42N4O5S. The number of aryl methyl sites for hydroxylation is 2. The fourth-order valence-corrected chi connectivity index (χ4v) is 6.56. The first kappa shape index (κ1) is 30.0. The van der Waals surface area contributed by atoms with Crippen molar-refractivity contribution < 1.29 is 23.4 Å². The maximum atomic E-state index is 12.6. The SMILES string of the molecule is CCOC(=O)CC(CCc1cn(C(C)C)nn1)c1ccc(C)c(CN2C[C@@H](CC)Oc3ccccc3S2(O)O)c1. The van der Waals surface area contributed by atoms with Gasteiger partial charge in [-0.25, -0.2) is 4.68 Å². The fraction of sp³-hybridized carbons (Fsp3) is 0.500. The maximum absolute atomic E-state index is 12.6. The van der Waals surface area contributed by atoms with Gasteiger partial charge in [0, 0.05) is 18.8 Å². The predicted octanol–water partition coefficient (Wildman–Crippen LogP) is 6.53. The van der Waals surface area contributed by atoms with Gasteiger partial charge in [-0.2, -0.15) is 4.31 Å².